The largest absolute Gasteiger partial charge is 0.353 e. The van der Waals surface area contributed by atoms with Crippen molar-refractivity contribution in [1.82, 2.24) is 10.2 Å². The van der Waals surface area contributed by atoms with E-state index >= 15 is 0 Å². The fourth-order valence-corrected chi connectivity index (χ4v) is 4.09. The van der Waals surface area contributed by atoms with Crippen molar-refractivity contribution in [3.63, 3.8) is 0 Å². The minimum absolute atomic E-state index is 0.0192. The van der Waals surface area contributed by atoms with Gasteiger partial charge in [0, 0.05) is 36.0 Å². The molecule has 0 aliphatic carbocycles. The van der Waals surface area contributed by atoms with Crippen LogP contribution >= 0.6 is 35.0 Å². The first-order valence-corrected chi connectivity index (χ1v) is 9.18. The number of hydrogen-bond donors (Lipinski definition) is 1. The van der Waals surface area contributed by atoms with Crippen LogP contribution in [0.15, 0.2) is 23.1 Å². The number of likely N-dealkylation sites (tertiary alicyclic amines) is 1. The summed E-state index contributed by atoms with van der Waals surface area (Å²) in [4.78, 5) is 26.3. The quantitative estimate of drug-likeness (QED) is 0.818. The van der Waals surface area contributed by atoms with Crippen LogP contribution in [0.1, 0.15) is 26.7 Å². The maximum atomic E-state index is 12.6. The number of hydrogen-bond acceptors (Lipinski definition) is 3. The second-order valence-corrected chi connectivity index (χ2v) is 7.86. The molecule has 23 heavy (non-hydrogen) atoms. The van der Waals surface area contributed by atoms with Crippen LogP contribution in [0.25, 0.3) is 0 Å². The van der Waals surface area contributed by atoms with Crippen LogP contribution in [0.4, 0.5) is 0 Å². The third-order valence-corrected chi connectivity index (χ3v) is 5.58. The molecule has 1 N–H and O–H groups in total. The zero-order valence-electron chi connectivity index (χ0n) is 13.1. The SMILES string of the molecule is CC(=O)NC1CCN(C(=O)C(C)Sc2cc(Cl)ccc2Cl)CC1. The van der Waals surface area contributed by atoms with Crippen molar-refractivity contribution in [2.24, 2.45) is 0 Å². The number of nitrogens with one attached hydrogen (secondary N) is 1. The summed E-state index contributed by atoms with van der Waals surface area (Å²) in [5.74, 6) is 0.0709. The number of amides is 2. The Kier molecular flexibility index (Phi) is 6.62. The van der Waals surface area contributed by atoms with Gasteiger partial charge in [-0.05, 0) is 38.0 Å². The number of rotatable bonds is 4. The van der Waals surface area contributed by atoms with Gasteiger partial charge in [-0.2, -0.15) is 0 Å². The minimum atomic E-state index is -0.233. The number of carbonyl (C=O) groups is 2. The number of thioether (sulfide) groups is 1. The van der Waals surface area contributed by atoms with Gasteiger partial charge in [0.25, 0.3) is 0 Å². The summed E-state index contributed by atoms with van der Waals surface area (Å²) in [6.07, 6.45) is 1.58. The third kappa shape index (κ3) is 5.30. The van der Waals surface area contributed by atoms with Crippen molar-refractivity contribution < 1.29 is 9.59 Å². The Bertz CT molecular complexity index is 589. The van der Waals surface area contributed by atoms with E-state index in [1.807, 2.05) is 11.8 Å². The van der Waals surface area contributed by atoms with Gasteiger partial charge in [0.1, 0.15) is 0 Å². The van der Waals surface area contributed by atoms with E-state index in [0.717, 1.165) is 17.7 Å². The van der Waals surface area contributed by atoms with E-state index in [2.05, 4.69) is 5.32 Å². The summed E-state index contributed by atoms with van der Waals surface area (Å²) in [6, 6.07) is 5.42. The highest BCUT2D eigenvalue weighted by Crippen LogP contribution is 2.33. The lowest BCUT2D eigenvalue weighted by atomic mass is 10.0. The Morgan fingerprint density at radius 2 is 1.96 bits per heavy atom. The van der Waals surface area contributed by atoms with Crippen molar-refractivity contribution in [3.05, 3.63) is 28.2 Å². The van der Waals surface area contributed by atoms with Gasteiger partial charge in [-0.1, -0.05) is 23.2 Å². The van der Waals surface area contributed by atoms with Gasteiger partial charge in [0.15, 0.2) is 0 Å². The highest BCUT2D eigenvalue weighted by molar-refractivity contribution is 8.00. The zero-order valence-corrected chi connectivity index (χ0v) is 15.5. The predicted octanol–water partition coefficient (Wildman–Crippen LogP) is 3.60. The smallest absolute Gasteiger partial charge is 0.235 e. The minimum Gasteiger partial charge on any atom is -0.353 e. The molecule has 1 unspecified atom stereocenters. The van der Waals surface area contributed by atoms with E-state index < -0.39 is 0 Å². The molecule has 2 rings (SSSR count). The summed E-state index contributed by atoms with van der Waals surface area (Å²) in [5, 5.41) is 3.88. The molecule has 1 fully saturated rings. The summed E-state index contributed by atoms with van der Waals surface area (Å²) in [5.41, 5.74) is 0. The Morgan fingerprint density at radius 3 is 2.57 bits per heavy atom. The van der Waals surface area contributed by atoms with Crippen molar-refractivity contribution >= 4 is 46.8 Å². The molecule has 1 aliphatic rings. The normalized spacial score (nSPS) is 17.0. The summed E-state index contributed by atoms with van der Waals surface area (Å²) in [6.45, 7) is 4.73. The average molecular weight is 375 g/mol. The molecule has 1 atom stereocenters. The summed E-state index contributed by atoms with van der Waals surface area (Å²) in [7, 11) is 0. The molecular weight excluding hydrogens is 355 g/mol. The van der Waals surface area contributed by atoms with Gasteiger partial charge in [-0.15, -0.1) is 11.8 Å². The lowest BCUT2D eigenvalue weighted by Crippen LogP contribution is -2.47. The van der Waals surface area contributed by atoms with Crippen LogP contribution in [0.5, 0.6) is 0 Å². The topological polar surface area (TPSA) is 49.4 Å². The van der Waals surface area contributed by atoms with Crippen LogP contribution < -0.4 is 5.32 Å². The van der Waals surface area contributed by atoms with Crippen LogP contribution in [0.2, 0.25) is 10.0 Å². The molecule has 7 heteroatoms. The van der Waals surface area contributed by atoms with Crippen molar-refractivity contribution in [1.29, 1.82) is 0 Å². The lowest BCUT2D eigenvalue weighted by Gasteiger charge is -2.33. The molecule has 0 bridgehead atoms. The molecule has 2 amide bonds. The fraction of sp³-hybridized carbons (Fsp3) is 0.500. The Balaban J connectivity index is 1.90. The number of benzene rings is 1. The summed E-state index contributed by atoms with van der Waals surface area (Å²) < 4.78 is 0. The first kappa shape index (κ1) is 18.4. The molecule has 1 aromatic carbocycles. The van der Waals surface area contributed by atoms with Crippen LogP contribution in [-0.2, 0) is 9.59 Å². The van der Waals surface area contributed by atoms with E-state index in [1.54, 1.807) is 18.2 Å². The molecule has 0 spiro atoms. The number of carbonyl (C=O) groups excluding carboxylic acids is 2. The average Bonchev–Trinajstić information content (AvgIpc) is 2.50. The lowest BCUT2D eigenvalue weighted by molar-refractivity contribution is -0.131. The van der Waals surface area contributed by atoms with Crippen molar-refractivity contribution in [3.8, 4) is 0 Å². The number of halogens is 2. The van der Waals surface area contributed by atoms with Crippen LogP contribution in [0.3, 0.4) is 0 Å². The van der Waals surface area contributed by atoms with Gasteiger partial charge >= 0.3 is 0 Å². The second kappa shape index (κ2) is 8.27. The predicted molar refractivity (Wildman–Crippen MR) is 95.2 cm³/mol. The Labute approximate surface area is 150 Å². The van der Waals surface area contributed by atoms with Crippen LogP contribution in [0, 0.1) is 0 Å². The first-order chi connectivity index (χ1) is 10.9. The van der Waals surface area contributed by atoms with E-state index in [0.29, 0.717) is 23.1 Å². The van der Waals surface area contributed by atoms with Gasteiger partial charge in [0.05, 0.1) is 10.3 Å². The molecule has 126 valence electrons. The third-order valence-electron chi connectivity index (χ3n) is 3.76. The van der Waals surface area contributed by atoms with E-state index in [4.69, 9.17) is 23.2 Å². The Hall–Kier alpha value is -0.910. The molecule has 1 aliphatic heterocycles. The standard InChI is InChI=1S/C16H20Cl2N2O2S/c1-10(23-15-9-12(17)3-4-14(15)18)16(22)20-7-5-13(6-8-20)19-11(2)21/h3-4,9-10,13H,5-8H2,1-2H3,(H,19,21). The molecule has 0 radical (unpaired) electrons. The van der Waals surface area contributed by atoms with Crippen molar-refractivity contribution in [2.75, 3.05) is 13.1 Å². The summed E-state index contributed by atoms with van der Waals surface area (Å²) >= 11 is 13.6. The van der Waals surface area contributed by atoms with E-state index in [1.165, 1.54) is 18.7 Å². The molecule has 0 saturated carbocycles. The van der Waals surface area contributed by atoms with Gasteiger partial charge in [-0.25, -0.2) is 0 Å². The maximum Gasteiger partial charge on any atom is 0.235 e. The van der Waals surface area contributed by atoms with Crippen molar-refractivity contribution in [2.45, 2.75) is 42.9 Å². The van der Waals surface area contributed by atoms with E-state index in [-0.39, 0.29) is 23.1 Å². The second-order valence-electron chi connectivity index (χ2n) is 5.63. The van der Waals surface area contributed by atoms with E-state index in [9.17, 15) is 9.59 Å². The highest BCUT2D eigenvalue weighted by Gasteiger charge is 2.27. The zero-order chi connectivity index (χ0) is 17.0. The number of nitrogens with zero attached hydrogens (tertiary/aromatic N) is 1. The molecular formula is C16H20Cl2N2O2S. The van der Waals surface area contributed by atoms with Crippen LogP contribution in [-0.4, -0.2) is 41.1 Å². The monoisotopic (exact) mass is 374 g/mol. The molecule has 1 aromatic rings. The molecule has 1 heterocycles. The van der Waals surface area contributed by atoms with Gasteiger partial charge in [-0.3, -0.25) is 9.59 Å². The number of piperidine rings is 1. The molecule has 0 aromatic heterocycles. The maximum absolute atomic E-state index is 12.6. The fourth-order valence-electron chi connectivity index (χ4n) is 2.60. The van der Waals surface area contributed by atoms with Gasteiger partial charge < -0.3 is 10.2 Å². The van der Waals surface area contributed by atoms with Gasteiger partial charge in [0.2, 0.25) is 11.8 Å². The molecule has 4 nitrogen and oxygen atoms in total. The molecule has 1 saturated heterocycles. The first-order valence-electron chi connectivity index (χ1n) is 7.54. The highest BCUT2D eigenvalue weighted by atomic mass is 35.5. The Morgan fingerprint density at radius 1 is 1.30 bits per heavy atom.